The molecular formula is C30H35FN6O3. The smallest absolute Gasteiger partial charge is 0.324 e. The summed E-state index contributed by atoms with van der Waals surface area (Å²) in [7, 11) is 1.67. The number of benzene rings is 2. The van der Waals surface area contributed by atoms with Gasteiger partial charge in [-0.15, -0.1) is 0 Å². The molecule has 0 saturated carbocycles. The third kappa shape index (κ3) is 7.64. The standard InChI is InChI=1S/C30H35FN6O3/c1-20-16-24(12-13-33-20)40-23-10-11-26(25(31)17-23)34-29(38)35-28-18-27(30(2,3)4)36-37(28)22-8-6-21(7-9-22)19-32-14-15-39-5/h6-13,16-18,32H,14-15,19H2,1-5H3,(H2,34,35,38). The monoisotopic (exact) mass is 546 g/mol. The molecule has 0 unspecified atom stereocenters. The largest absolute Gasteiger partial charge is 0.457 e. The fourth-order valence-corrected chi connectivity index (χ4v) is 3.85. The van der Waals surface area contributed by atoms with Crippen molar-refractivity contribution in [3.63, 3.8) is 0 Å². The van der Waals surface area contributed by atoms with Crippen LogP contribution < -0.4 is 20.7 Å². The van der Waals surface area contributed by atoms with E-state index in [9.17, 15) is 9.18 Å². The number of hydrogen-bond acceptors (Lipinski definition) is 6. The number of carbonyl (C=O) groups excluding carboxylic acids is 1. The summed E-state index contributed by atoms with van der Waals surface area (Å²) in [5.41, 5.74) is 3.24. The second-order valence-electron chi connectivity index (χ2n) is 10.4. The van der Waals surface area contributed by atoms with Gasteiger partial charge in [-0.1, -0.05) is 32.9 Å². The lowest BCUT2D eigenvalue weighted by Crippen LogP contribution is -2.22. The predicted molar refractivity (Wildman–Crippen MR) is 154 cm³/mol. The molecule has 0 saturated heterocycles. The Morgan fingerprint density at radius 2 is 1.75 bits per heavy atom. The van der Waals surface area contributed by atoms with E-state index in [1.54, 1.807) is 36.2 Å². The summed E-state index contributed by atoms with van der Waals surface area (Å²) in [5, 5.41) is 13.5. The zero-order chi connectivity index (χ0) is 28.7. The Morgan fingerprint density at radius 3 is 2.42 bits per heavy atom. The lowest BCUT2D eigenvalue weighted by molar-refractivity contribution is 0.199. The molecule has 4 rings (SSSR count). The second kappa shape index (κ2) is 12.7. The topological polar surface area (TPSA) is 102 Å². The number of pyridine rings is 1. The highest BCUT2D eigenvalue weighted by Gasteiger charge is 2.22. The minimum atomic E-state index is -0.628. The first-order valence-electron chi connectivity index (χ1n) is 13.0. The summed E-state index contributed by atoms with van der Waals surface area (Å²) in [4.78, 5) is 17.0. The van der Waals surface area contributed by atoms with Crippen molar-refractivity contribution in [3.05, 3.63) is 89.6 Å². The van der Waals surface area contributed by atoms with Crippen molar-refractivity contribution in [1.82, 2.24) is 20.1 Å². The first-order chi connectivity index (χ1) is 19.1. The summed E-state index contributed by atoms with van der Waals surface area (Å²) in [5.74, 6) is 0.682. The van der Waals surface area contributed by atoms with Crippen molar-refractivity contribution in [1.29, 1.82) is 0 Å². The Labute approximate surface area is 233 Å². The van der Waals surface area contributed by atoms with Crippen LogP contribution in [0.4, 0.5) is 20.7 Å². The van der Waals surface area contributed by atoms with Crippen LogP contribution >= 0.6 is 0 Å². The van der Waals surface area contributed by atoms with E-state index < -0.39 is 11.8 Å². The SMILES string of the molecule is COCCNCc1ccc(-n2nc(C(C)(C)C)cc2NC(=O)Nc2ccc(Oc3ccnc(C)c3)cc2F)cc1. The first kappa shape index (κ1) is 28.7. The van der Waals surface area contributed by atoms with E-state index in [1.807, 2.05) is 58.0 Å². The number of ether oxygens (including phenoxy) is 2. The third-order valence-corrected chi connectivity index (χ3v) is 6.00. The number of hydrogen-bond donors (Lipinski definition) is 3. The number of rotatable bonds is 10. The highest BCUT2D eigenvalue weighted by Crippen LogP contribution is 2.28. The molecule has 0 bridgehead atoms. The van der Waals surface area contributed by atoms with Crippen molar-refractivity contribution < 1.29 is 18.7 Å². The van der Waals surface area contributed by atoms with Crippen molar-refractivity contribution in [2.75, 3.05) is 30.9 Å². The van der Waals surface area contributed by atoms with Gasteiger partial charge in [0, 0.05) is 55.7 Å². The van der Waals surface area contributed by atoms with E-state index in [0.717, 1.165) is 29.2 Å². The molecular weight excluding hydrogens is 511 g/mol. The number of aryl methyl sites for hydroxylation is 1. The number of anilines is 2. The van der Waals surface area contributed by atoms with E-state index >= 15 is 0 Å². The molecule has 0 aliphatic heterocycles. The summed E-state index contributed by atoms with van der Waals surface area (Å²) < 4.78 is 27.3. The van der Waals surface area contributed by atoms with Crippen molar-refractivity contribution >= 4 is 17.5 Å². The molecule has 9 nitrogen and oxygen atoms in total. The van der Waals surface area contributed by atoms with Gasteiger partial charge in [-0.3, -0.25) is 10.3 Å². The lowest BCUT2D eigenvalue weighted by atomic mass is 9.92. The normalized spacial score (nSPS) is 11.3. The number of urea groups is 1. The van der Waals surface area contributed by atoms with Crippen LogP contribution in [0.1, 0.15) is 37.7 Å². The molecule has 0 atom stereocenters. The van der Waals surface area contributed by atoms with Crippen LogP contribution in [-0.2, 0) is 16.7 Å². The maximum Gasteiger partial charge on any atom is 0.324 e. The number of carbonyl (C=O) groups is 1. The fourth-order valence-electron chi connectivity index (χ4n) is 3.85. The molecule has 2 aromatic carbocycles. The molecule has 40 heavy (non-hydrogen) atoms. The summed E-state index contributed by atoms with van der Waals surface area (Å²) in [6.07, 6.45) is 1.62. The average molecular weight is 547 g/mol. The van der Waals surface area contributed by atoms with Gasteiger partial charge >= 0.3 is 6.03 Å². The number of halogens is 1. The molecule has 0 radical (unpaired) electrons. The molecule has 3 N–H and O–H groups in total. The van der Waals surface area contributed by atoms with E-state index in [-0.39, 0.29) is 11.1 Å². The molecule has 0 aliphatic rings. The van der Waals surface area contributed by atoms with Gasteiger partial charge in [-0.25, -0.2) is 13.9 Å². The molecule has 0 aliphatic carbocycles. The van der Waals surface area contributed by atoms with Gasteiger partial charge in [0.05, 0.1) is 23.7 Å². The first-order valence-corrected chi connectivity index (χ1v) is 13.0. The number of amides is 2. The molecule has 0 fully saturated rings. The van der Waals surface area contributed by atoms with E-state index in [2.05, 4.69) is 20.9 Å². The number of nitrogens with zero attached hydrogens (tertiary/aromatic N) is 3. The lowest BCUT2D eigenvalue weighted by Gasteiger charge is -2.14. The maximum atomic E-state index is 14.8. The van der Waals surface area contributed by atoms with Crippen LogP contribution in [0.3, 0.4) is 0 Å². The number of methoxy groups -OCH3 is 1. The van der Waals surface area contributed by atoms with Gasteiger partial charge in [0.25, 0.3) is 0 Å². The molecule has 4 aromatic rings. The quantitative estimate of drug-likeness (QED) is 0.205. The summed E-state index contributed by atoms with van der Waals surface area (Å²) >= 11 is 0. The second-order valence-corrected chi connectivity index (χ2v) is 10.4. The molecule has 0 spiro atoms. The van der Waals surface area contributed by atoms with Crippen molar-refractivity contribution in [2.24, 2.45) is 0 Å². The molecule has 2 heterocycles. The molecule has 2 aromatic heterocycles. The Hall–Kier alpha value is -4.28. The van der Waals surface area contributed by atoms with Gasteiger partial charge in [0.2, 0.25) is 0 Å². The van der Waals surface area contributed by atoms with Crippen LogP contribution in [0.15, 0.2) is 66.9 Å². The zero-order valence-corrected chi connectivity index (χ0v) is 23.4. The van der Waals surface area contributed by atoms with E-state index in [0.29, 0.717) is 30.5 Å². The molecule has 2 amide bonds. The van der Waals surface area contributed by atoms with Gasteiger partial charge in [-0.05, 0) is 42.8 Å². The van der Waals surface area contributed by atoms with Crippen LogP contribution in [0.5, 0.6) is 11.5 Å². The number of nitrogens with one attached hydrogen (secondary N) is 3. The van der Waals surface area contributed by atoms with E-state index in [1.165, 1.54) is 12.1 Å². The van der Waals surface area contributed by atoms with Crippen LogP contribution in [0.25, 0.3) is 5.69 Å². The van der Waals surface area contributed by atoms with Gasteiger partial charge in [0.15, 0.2) is 0 Å². The zero-order valence-electron chi connectivity index (χ0n) is 23.4. The van der Waals surface area contributed by atoms with Crippen LogP contribution in [-0.4, -0.2) is 41.1 Å². The Balaban J connectivity index is 1.47. The predicted octanol–water partition coefficient (Wildman–Crippen LogP) is 6.18. The Bertz CT molecular complexity index is 1450. The van der Waals surface area contributed by atoms with Gasteiger partial charge < -0.3 is 20.1 Å². The van der Waals surface area contributed by atoms with Crippen molar-refractivity contribution in [3.8, 4) is 17.2 Å². The summed E-state index contributed by atoms with van der Waals surface area (Å²) in [6, 6.07) is 16.8. The third-order valence-electron chi connectivity index (χ3n) is 6.00. The average Bonchev–Trinajstić information content (AvgIpc) is 3.33. The van der Waals surface area contributed by atoms with Gasteiger partial charge in [-0.2, -0.15) is 5.10 Å². The maximum absolute atomic E-state index is 14.8. The van der Waals surface area contributed by atoms with Crippen LogP contribution in [0, 0.1) is 12.7 Å². The minimum absolute atomic E-state index is 0.0168. The Morgan fingerprint density at radius 1 is 1.00 bits per heavy atom. The van der Waals surface area contributed by atoms with Crippen LogP contribution in [0.2, 0.25) is 0 Å². The van der Waals surface area contributed by atoms with E-state index in [4.69, 9.17) is 14.6 Å². The highest BCUT2D eigenvalue weighted by molar-refractivity contribution is 5.99. The van der Waals surface area contributed by atoms with Gasteiger partial charge in [0.1, 0.15) is 23.1 Å². The minimum Gasteiger partial charge on any atom is -0.457 e. The highest BCUT2D eigenvalue weighted by atomic mass is 19.1. The molecule has 10 heteroatoms. The molecule has 210 valence electrons. The number of aromatic nitrogens is 3. The Kier molecular flexibility index (Phi) is 9.13. The fraction of sp³-hybridized carbons (Fsp3) is 0.300. The summed E-state index contributed by atoms with van der Waals surface area (Å²) in [6.45, 7) is 10.1. The van der Waals surface area contributed by atoms with Crippen molar-refractivity contribution in [2.45, 2.75) is 39.7 Å².